The van der Waals surface area contributed by atoms with E-state index in [4.69, 9.17) is 0 Å². The zero-order valence-electron chi connectivity index (χ0n) is 12.2. The second-order valence-electron chi connectivity index (χ2n) is 6.04. The van der Waals surface area contributed by atoms with Gasteiger partial charge in [-0.15, -0.1) is 0 Å². The Balaban J connectivity index is 4.08. The summed E-state index contributed by atoms with van der Waals surface area (Å²) in [5, 5.41) is 6.43. The van der Waals surface area contributed by atoms with Crippen LogP contribution in [0, 0.1) is 0 Å². The minimum Gasteiger partial charge on any atom is -0.355 e. The molecule has 0 amide bonds. The fourth-order valence-electron chi connectivity index (χ4n) is 1.10. The number of guanidine groups is 1. The van der Waals surface area contributed by atoms with Crippen molar-refractivity contribution in [2.75, 3.05) is 19.3 Å². The maximum absolute atomic E-state index is 11.8. The van der Waals surface area contributed by atoms with Crippen LogP contribution in [-0.4, -0.2) is 39.8 Å². The van der Waals surface area contributed by atoms with Gasteiger partial charge in [0.15, 0.2) is 5.96 Å². The predicted molar refractivity (Wildman–Crippen MR) is 77.0 cm³/mol. The minimum absolute atomic E-state index is 0.0228. The summed E-state index contributed by atoms with van der Waals surface area (Å²) in [6.07, 6.45) is 0. The van der Waals surface area contributed by atoms with E-state index in [0.717, 1.165) is 5.96 Å². The lowest BCUT2D eigenvalue weighted by Gasteiger charge is -2.24. The molecule has 0 saturated heterocycles. The first-order chi connectivity index (χ1) is 7.56. The molecule has 0 aromatic carbocycles. The first-order valence-electron chi connectivity index (χ1n) is 5.93. The number of hydrogen-bond donors (Lipinski definition) is 2. The summed E-state index contributed by atoms with van der Waals surface area (Å²) in [6.45, 7) is 12.9. The van der Waals surface area contributed by atoms with Gasteiger partial charge in [-0.3, -0.25) is 9.20 Å². The third-order valence-electron chi connectivity index (χ3n) is 1.98. The van der Waals surface area contributed by atoms with E-state index in [1.54, 1.807) is 7.05 Å². The Morgan fingerprint density at radius 3 is 2.06 bits per heavy atom. The van der Waals surface area contributed by atoms with Crippen molar-refractivity contribution in [1.29, 1.82) is 0 Å². The number of aliphatic imine (C=N–C) groups is 1. The molecule has 0 aliphatic heterocycles. The van der Waals surface area contributed by atoms with Crippen LogP contribution < -0.4 is 10.6 Å². The molecule has 2 N–H and O–H groups in total. The Kier molecular flexibility index (Phi) is 6.16. The van der Waals surface area contributed by atoms with Gasteiger partial charge < -0.3 is 10.6 Å². The van der Waals surface area contributed by atoms with E-state index in [-0.39, 0.29) is 10.3 Å². The molecule has 0 saturated carbocycles. The zero-order valence-corrected chi connectivity index (χ0v) is 13.0. The second kappa shape index (κ2) is 6.38. The average molecular weight is 261 g/mol. The number of nitrogens with zero attached hydrogens (tertiary/aromatic N) is 1. The highest BCUT2D eigenvalue weighted by Crippen LogP contribution is 2.10. The lowest BCUT2D eigenvalue weighted by atomic mass is 10.1. The van der Waals surface area contributed by atoms with Crippen molar-refractivity contribution >= 4 is 16.8 Å². The molecule has 17 heavy (non-hydrogen) atoms. The molecule has 0 radical (unpaired) electrons. The molecule has 1 unspecified atom stereocenters. The Morgan fingerprint density at radius 1 is 1.18 bits per heavy atom. The number of nitrogens with one attached hydrogen (secondary N) is 2. The van der Waals surface area contributed by atoms with Crippen LogP contribution in [0.5, 0.6) is 0 Å². The van der Waals surface area contributed by atoms with Gasteiger partial charge in [0.1, 0.15) is 0 Å². The van der Waals surface area contributed by atoms with Gasteiger partial charge in [0.05, 0.1) is 0 Å². The van der Waals surface area contributed by atoms with Gasteiger partial charge in [0.2, 0.25) is 0 Å². The monoisotopic (exact) mass is 261 g/mol. The summed E-state index contributed by atoms with van der Waals surface area (Å²) >= 11 is 0. The fourth-order valence-corrected chi connectivity index (χ4v) is 2.00. The van der Waals surface area contributed by atoms with Gasteiger partial charge in [0, 0.05) is 40.4 Å². The number of hydrogen-bond acceptors (Lipinski definition) is 2. The average Bonchev–Trinajstić information content (AvgIpc) is 2.12. The van der Waals surface area contributed by atoms with Crippen molar-refractivity contribution in [3.05, 3.63) is 0 Å². The molecule has 4 nitrogen and oxygen atoms in total. The molecule has 102 valence electrons. The van der Waals surface area contributed by atoms with Gasteiger partial charge in [0.25, 0.3) is 0 Å². The predicted octanol–water partition coefficient (Wildman–Crippen LogP) is 1.50. The van der Waals surface area contributed by atoms with Gasteiger partial charge >= 0.3 is 0 Å². The van der Waals surface area contributed by atoms with Crippen LogP contribution in [-0.2, 0) is 10.8 Å². The molecule has 0 fully saturated rings. The van der Waals surface area contributed by atoms with Crippen LogP contribution in [0.3, 0.4) is 0 Å². The third kappa shape index (κ3) is 8.18. The third-order valence-corrected chi connectivity index (χ3v) is 3.92. The standard InChI is InChI=1S/C12H27N3OS/c1-11(2,3)15-10(13-7)14-8-9-17(16)12(4,5)6/h8-9H2,1-7H3,(H2,13,14,15). The first-order valence-corrected chi connectivity index (χ1v) is 7.25. The largest absolute Gasteiger partial charge is 0.355 e. The number of rotatable bonds is 3. The van der Waals surface area contributed by atoms with E-state index in [9.17, 15) is 4.21 Å². The first kappa shape index (κ1) is 16.4. The van der Waals surface area contributed by atoms with E-state index < -0.39 is 10.8 Å². The van der Waals surface area contributed by atoms with Crippen LogP contribution >= 0.6 is 0 Å². The molecule has 1 atom stereocenters. The van der Waals surface area contributed by atoms with Crippen molar-refractivity contribution in [2.45, 2.75) is 51.8 Å². The summed E-state index contributed by atoms with van der Waals surface area (Å²) in [7, 11) is 0.914. The molecule has 0 heterocycles. The smallest absolute Gasteiger partial charge is 0.191 e. The molecule has 0 aliphatic carbocycles. The SMILES string of the molecule is CN=C(NCCS(=O)C(C)(C)C)NC(C)(C)C. The lowest BCUT2D eigenvalue weighted by Crippen LogP contribution is -2.48. The molecule has 0 bridgehead atoms. The summed E-state index contributed by atoms with van der Waals surface area (Å²) in [5.74, 6) is 1.39. The Hall–Kier alpha value is -0.580. The van der Waals surface area contributed by atoms with Crippen LogP contribution in [0.2, 0.25) is 0 Å². The van der Waals surface area contributed by atoms with Gasteiger partial charge in [-0.2, -0.15) is 0 Å². The summed E-state index contributed by atoms with van der Waals surface area (Å²) < 4.78 is 11.7. The molecule has 0 aromatic rings. The molecule has 0 aromatic heterocycles. The fraction of sp³-hybridized carbons (Fsp3) is 0.917. The van der Waals surface area contributed by atoms with Crippen molar-refractivity contribution in [1.82, 2.24) is 10.6 Å². The van der Waals surface area contributed by atoms with Crippen LogP contribution in [0.15, 0.2) is 4.99 Å². The molecular formula is C12H27N3OS. The lowest BCUT2D eigenvalue weighted by molar-refractivity contribution is 0.502. The van der Waals surface area contributed by atoms with Gasteiger partial charge in [-0.1, -0.05) is 0 Å². The van der Waals surface area contributed by atoms with Crippen LogP contribution in [0.1, 0.15) is 41.5 Å². The highest BCUT2D eigenvalue weighted by molar-refractivity contribution is 7.86. The summed E-state index contributed by atoms with van der Waals surface area (Å²) in [5.41, 5.74) is -0.0228. The topological polar surface area (TPSA) is 53.5 Å². The van der Waals surface area contributed by atoms with Crippen LogP contribution in [0.4, 0.5) is 0 Å². The maximum atomic E-state index is 11.8. The van der Waals surface area contributed by atoms with Gasteiger partial charge in [-0.05, 0) is 41.5 Å². The van der Waals surface area contributed by atoms with Crippen molar-refractivity contribution < 1.29 is 4.21 Å². The van der Waals surface area contributed by atoms with Crippen molar-refractivity contribution in [2.24, 2.45) is 4.99 Å². The van der Waals surface area contributed by atoms with E-state index in [1.165, 1.54) is 0 Å². The molecule has 0 spiro atoms. The Morgan fingerprint density at radius 2 is 1.71 bits per heavy atom. The molecular weight excluding hydrogens is 234 g/mol. The van der Waals surface area contributed by atoms with E-state index in [0.29, 0.717) is 12.3 Å². The zero-order chi connectivity index (χ0) is 13.7. The van der Waals surface area contributed by atoms with Gasteiger partial charge in [-0.25, -0.2) is 0 Å². The molecule has 0 aliphatic rings. The quantitative estimate of drug-likeness (QED) is 0.598. The van der Waals surface area contributed by atoms with Crippen LogP contribution in [0.25, 0.3) is 0 Å². The second-order valence-corrected chi connectivity index (χ2v) is 8.36. The van der Waals surface area contributed by atoms with E-state index in [1.807, 2.05) is 20.8 Å². The molecule has 5 heteroatoms. The Bertz CT molecular complexity index is 287. The Labute approximate surface area is 108 Å². The van der Waals surface area contributed by atoms with E-state index in [2.05, 4.69) is 36.4 Å². The molecule has 0 rings (SSSR count). The van der Waals surface area contributed by atoms with Crippen molar-refractivity contribution in [3.8, 4) is 0 Å². The minimum atomic E-state index is -0.824. The maximum Gasteiger partial charge on any atom is 0.191 e. The highest BCUT2D eigenvalue weighted by atomic mass is 32.2. The normalized spacial score (nSPS) is 15.6. The summed E-state index contributed by atoms with van der Waals surface area (Å²) in [4.78, 5) is 4.13. The van der Waals surface area contributed by atoms with Crippen molar-refractivity contribution in [3.63, 3.8) is 0 Å². The van der Waals surface area contributed by atoms with E-state index >= 15 is 0 Å². The highest BCUT2D eigenvalue weighted by Gasteiger charge is 2.19. The summed E-state index contributed by atoms with van der Waals surface area (Å²) in [6, 6.07) is 0.